The molecule has 0 aliphatic carbocycles. The van der Waals surface area contributed by atoms with Crippen LogP contribution >= 0.6 is 23.2 Å². The van der Waals surface area contributed by atoms with Crippen LogP contribution in [0.25, 0.3) is 0 Å². The molecular weight excluding hydrogens is 498 g/mol. The molecule has 11 heteroatoms. The van der Waals surface area contributed by atoms with Crippen molar-refractivity contribution in [1.82, 2.24) is 5.01 Å². The molecule has 178 valence electrons. The van der Waals surface area contributed by atoms with Crippen LogP contribution in [0.3, 0.4) is 0 Å². The van der Waals surface area contributed by atoms with Gasteiger partial charge in [0.15, 0.2) is 5.84 Å². The highest BCUT2D eigenvalue weighted by Crippen LogP contribution is 2.36. The summed E-state index contributed by atoms with van der Waals surface area (Å²) in [5, 5.41) is 21.9. The molecule has 1 atom stereocenters. The first-order valence-electron chi connectivity index (χ1n) is 10.3. The third-order valence-electron chi connectivity index (χ3n) is 5.33. The van der Waals surface area contributed by atoms with Gasteiger partial charge in [-0.05, 0) is 31.2 Å². The highest BCUT2D eigenvalue weighted by Gasteiger charge is 2.33. The molecule has 35 heavy (non-hydrogen) atoms. The zero-order chi connectivity index (χ0) is 25.1. The second kappa shape index (κ2) is 10.2. The van der Waals surface area contributed by atoms with Crippen LogP contribution in [0.15, 0.2) is 77.0 Å². The van der Waals surface area contributed by atoms with E-state index in [2.05, 4.69) is 10.3 Å². The summed E-state index contributed by atoms with van der Waals surface area (Å²) >= 11 is 12.4. The van der Waals surface area contributed by atoms with Crippen molar-refractivity contribution in [3.8, 4) is 0 Å². The van der Waals surface area contributed by atoms with E-state index in [1.54, 1.807) is 36.4 Å². The number of amidine groups is 1. The molecule has 0 bridgehead atoms. The number of nitro groups is 1. The molecule has 3 aromatic rings. The summed E-state index contributed by atoms with van der Waals surface area (Å²) < 4.78 is 14.7. The molecule has 0 aromatic heterocycles. The van der Waals surface area contributed by atoms with Gasteiger partial charge in [-0.25, -0.2) is 14.2 Å². The van der Waals surface area contributed by atoms with Crippen LogP contribution in [-0.2, 0) is 4.84 Å². The Morgan fingerprint density at radius 3 is 2.60 bits per heavy atom. The number of nitro benzene ring substituents is 1. The Balaban J connectivity index is 1.67. The highest BCUT2D eigenvalue weighted by atomic mass is 35.5. The summed E-state index contributed by atoms with van der Waals surface area (Å²) in [5.74, 6) is -1.32. The average molecular weight is 515 g/mol. The maximum absolute atomic E-state index is 14.7. The highest BCUT2D eigenvalue weighted by molar-refractivity contribution is 6.37. The Morgan fingerprint density at radius 1 is 1.17 bits per heavy atom. The number of hydrogen-bond donors (Lipinski definition) is 0. The monoisotopic (exact) mass is 514 g/mol. The Kier molecular flexibility index (Phi) is 7.09. The Labute approximate surface area is 209 Å². The summed E-state index contributed by atoms with van der Waals surface area (Å²) in [6.45, 7) is 1.52. The largest absolute Gasteiger partial charge is 0.372 e. The van der Waals surface area contributed by atoms with Gasteiger partial charge in [-0.1, -0.05) is 64.8 Å². The van der Waals surface area contributed by atoms with Gasteiger partial charge in [0.1, 0.15) is 11.4 Å². The first kappa shape index (κ1) is 24.3. The number of hydrazone groups is 1. The van der Waals surface area contributed by atoms with Gasteiger partial charge in [0.2, 0.25) is 0 Å². The molecule has 1 aliphatic rings. The van der Waals surface area contributed by atoms with Crippen molar-refractivity contribution < 1.29 is 18.9 Å². The molecule has 0 amide bonds. The van der Waals surface area contributed by atoms with Gasteiger partial charge in [-0.15, -0.1) is 0 Å². The number of hydrogen-bond acceptors (Lipinski definition) is 6. The minimum atomic E-state index is -1.01. The van der Waals surface area contributed by atoms with Crippen molar-refractivity contribution in [2.24, 2.45) is 10.3 Å². The van der Waals surface area contributed by atoms with Crippen LogP contribution in [0.1, 0.15) is 40.9 Å². The molecule has 0 saturated carbocycles. The second-order valence-corrected chi connectivity index (χ2v) is 8.39. The minimum Gasteiger partial charge on any atom is -0.311 e. The maximum Gasteiger partial charge on any atom is 0.372 e. The van der Waals surface area contributed by atoms with Crippen LogP contribution < -0.4 is 0 Å². The summed E-state index contributed by atoms with van der Waals surface area (Å²) in [7, 11) is 0. The molecule has 0 radical (unpaired) electrons. The van der Waals surface area contributed by atoms with E-state index in [0.717, 1.165) is 0 Å². The second-order valence-electron chi connectivity index (χ2n) is 7.55. The Bertz CT molecular complexity index is 1380. The summed E-state index contributed by atoms with van der Waals surface area (Å²) in [6, 6.07) is 16.0. The van der Waals surface area contributed by atoms with Crippen LogP contribution in [0, 0.1) is 15.9 Å². The number of para-hydroxylation sites is 1. The van der Waals surface area contributed by atoms with E-state index in [9.17, 15) is 19.3 Å². The van der Waals surface area contributed by atoms with Gasteiger partial charge in [0.05, 0.1) is 21.7 Å². The Morgan fingerprint density at radius 2 is 1.89 bits per heavy atom. The molecule has 1 aliphatic heterocycles. The maximum atomic E-state index is 14.7. The van der Waals surface area contributed by atoms with E-state index in [-0.39, 0.29) is 17.8 Å². The number of carbonyl (C=O) groups excluding carboxylic acids is 1. The van der Waals surface area contributed by atoms with Crippen molar-refractivity contribution >= 4 is 46.4 Å². The average Bonchev–Trinajstić information content (AvgIpc) is 3.27. The quantitative estimate of drug-likeness (QED) is 0.129. The van der Waals surface area contributed by atoms with E-state index in [0.29, 0.717) is 26.9 Å². The molecule has 1 unspecified atom stereocenters. The van der Waals surface area contributed by atoms with Crippen LogP contribution in [-0.4, -0.2) is 27.4 Å². The van der Waals surface area contributed by atoms with Crippen molar-refractivity contribution in [3.05, 3.63) is 109 Å². The van der Waals surface area contributed by atoms with Gasteiger partial charge < -0.3 is 4.84 Å². The number of benzene rings is 3. The van der Waals surface area contributed by atoms with Gasteiger partial charge in [-0.3, -0.25) is 10.1 Å². The van der Waals surface area contributed by atoms with E-state index in [1.165, 1.54) is 42.3 Å². The molecule has 0 fully saturated rings. The third-order valence-corrected chi connectivity index (χ3v) is 5.88. The first-order valence-corrected chi connectivity index (χ1v) is 11.1. The Hall–Kier alpha value is -3.82. The molecule has 0 spiro atoms. The zero-order valence-corrected chi connectivity index (χ0v) is 19.7. The number of carbonyl (C=O) groups is 1. The first-order chi connectivity index (χ1) is 16.8. The van der Waals surface area contributed by atoms with Crippen molar-refractivity contribution in [1.29, 1.82) is 0 Å². The smallest absolute Gasteiger partial charge is 0.311 e. The van der Waals surface area contributed by atoms with Crippen molar-refractivity contribution in [2.45, 2.75) is 19.4 Å². The fourth-order valence-electron chi connectivity index (χ4n) is 3.69. The number of rotatable bonds is 5. The zero-order valence-electron chi connectivity index (χ0n) is 18.2. The third kappa shape index (κ3) is 5.16. The predicted molar refractivity (Wildman–Crippen MR) is 130 cm³/mol. The van der Waals surface area contributed by atoms with Crippen LogP contribution in [0.2, 0.25) is 10.0 Å². The summed E-state index contributed by atoms with van der Waals surface area (Å²) in [4.78, 5) is 28.0. The molecule has 8 nitrogen and oxygen atoms in total. The SMILES string of the molecule is C/C(=N/OC(=O)c1ccccc1[N+](=O)[O-])N1N=C(c2ccc(Cl)cc2Cl)CC1c1ccccc1F. The molecule has 4 rings (SSSR count). The van der Waals surface area contributed by atoms with Crippen molar-refractivity contribution in [2.75, 3.05) is 0 Å². The molecule has 1 heterocycles. The van der Waals surface area contributed by atoms with E-state index >= 15 is 0 Å². The van der Waals surface area contributed by atoms with Gasteiger partial charge in [0.25, 0.3) is 5.69 Å². The normalized spacial score (nSPS) is 15.7. The lowest BCUT2D eigenvalue weighted by Crippen LogP contribution is -2.26. The minimum absolute atomic E-state index is 0.130. The van der Waals surface area contributed by atoms with E-state index in [4.69, 9.17) is 28.0 Å². The lowest BCUT2D eigenvalue weighted by Gasteiger charge is -2.23. The molecular formula is C24H17Cl2FN4O4. The lowest BCUT2D eigenvalue weighted by molar-refractivity contribution is -0.385. The fraction of sp³-hybridized carbons (Fsp3) is 0.125. The number of oxime groups is 1. The van der Waals surface area contributed by atoms with E-state index in [1.807, 2.05) is 0 Å². The molecule has 0 saturated heterocycles. The molecule has 0 N–H and O–H groups in total. The standard InChI is InChI=1S/C24H17Cl2FN4O4/c1-14(29-35-24(32)18-7-3-5-9-22(18)31(33)34)30-23(17-6-2-4-8-20(17)27)13-21(28-30)16-11-10-15(25)12-19(16)26/h2-12,23H,13H2,1H3/b29-14-. The summed E-state index contributed by atoms with van der Waals surface area (Å²) in [5.41, 5.74) is 0.867. The van der Waals surface area contributed by atoms with Gasteiger partial charge in [0, 0.05) is 28.6 Å². The van der Waals surface area contributed by atoms with Crippen molar-refractivity contribution in [3.63, 3.8) is 0 Å². The van der Waals surface area contributed by atoms with Gasteiger partial charge in [-0.2, -0.15) is 5.10 Å². The predicted octanol–water partition coefficient (Wildman–Crippen LogP) is 6.38. The lowest BCUT2D eigenvalue weighted by atomic mass is 9.98. The van der Waals surface area contributed by atoms with Crippen LogP contribution in [0.4, 0.5) is 10.1 Å². The topological polar surface area (TPSA) is 97.4 Å². The number of nitrogens with zero attached hydrogens (tertiary/aromatic N) is 4. The molecule has 3 aromatic carbocycles. The number of halogens is 3. The fourth-order valence-corrected chi connectivity index (χ4v) is 4.20. The van der Waals surface area contributed by atoms with E-state index < -0.39 is 28.4 Å². The van der Waals surface area contributed by atoms with Crippen LogP contribution in [0.5, 0.6) is 0 Å². The van der Waals surface area contributed by atoms with Gasteiger partial charge >= 0.3 is 5.97 Å². The summed E-state index contributed by atoms with van der Waals surface area (Å²) in [6.07, 6.45) is 0.285.